The van der Waals surface area contributed by atoms with Gasteiger partial charge in [-0.1, -0.05) is 27.7 Å². The number of amides is 1. The third-order valence-corrected chi connectivity index (χ3v) is 4.18. The second-order valence-electron chi connectivity index (χ2n) is 6.44. The lowest BCUT2D eigenvalue weighted by molar-refractivity contribution is -0.136. The van der Waals surface area contributed by atoms with Crippen molar-refractivity contribution >= 4 is 18.3 Å². The minimum Gasteiger partial charge on any atom is -0.338 e. The fourth-order valence-electron chi connectivity index (χ4n) is 2.26. The van der Waals surface area contributed by atoms with Gasteiger partial charge in [-0.2, -0.15) is 0 Å². The first-order chi connectivity index (χ1) is 7.86. The van der Waals surface area contributed by atoms with Gasteiger partial charge in [0.15, 0.2) is 0 Å². The molecule has 0 aromatic rings. The lowest BCUT2D eigenvalue weighted by Gasteiger charge is -2.37. The van der Waals surface area contributed by atoms with Crippen LogP contribution in [0.25, 0.3) is 0 Å². The Bertz CT molecular complexity index is 263. The summed E-state index contributed by atoms with van der Waals surface area (Å²) in [7, 11) is 0. The van der Waals surface area contributed by atoms with Crippen LogP contribution in [0.2, 0.25) is 0 Å². The summed E-state index contributed by atoms with van der Waals surface area (Å²) in [5.41, 5.74) is 5.95. The number of piperidine rings is 1. The molecule has 0 saturated carbocycles. The van der Waals surface area contributed by atoms with E-state index in [1.165, 1.54) is 6.42 Å². The molecular weight excluding hydrogens is 248 g/mol. The molecule has 2 N–H and O–H groups in total. The van der Waals surface area contributed by atoms with Crippen LogP contribution in [0, 0.1) is 11.3 Å². The van der Waals surface area contributed by atoms with Gasteiger partial charge in [0, 0.05) is 25.6 Å². The average molecular weight is 277 g/mol. The highest BCUT2D eigenvalue weighted by Crippen LogP contribution is 2.29. The van der Waals surface area contributed by atoms with E-state index in [2.05, 4.69) is 27.7 Å². The van der Waals surface area contributed by atoms with E-state index in [0.717, 1.165) is 19.4 Å². The Hall–Kier alpha value is -0.280. The lowest BCUT2D eigenvalue weighted by Crippen LogP contribution is -2.48. The second-order valence-corrected chi connectivity index (χ2v) is 6.44. The fourth-order valence-corrected chi connectivity index (χ4v) is 2.26. The summed E-state index contributed by atoms with van der Waals surface area (Å²) in [5, 5.41) is 0. The minimum atomic E-state index is 0. The van der Waals surface area contributed by atoms with Crippen LogP contribution in [-0.2, 0) is 4.79 Å². The van der Waals surface area contributed by atoms with Crippen molar-refractivity contribution in [3.05, 3.63) is 0 Å². The zero-order valence-corrected chi connectivity index (χ0v) is 13.1. The van der Waals surface area contributed by atoms with E-state index in [1.54, 1.807) is 0 Å². The van der Waals surface area contributed by atoms with Gasteiger partial charge in [-0.25, -0.2) is 0 Å². The lowest BCUT2D eigenvalue weighted by atomic mass is 9.80. The molecule has 0 aromatic heterocycles. The van der Waals surface area contributed by atoms with Crippen LogP contribution in [0.1, 0.15) is 53.4 Å². The van der Waals surface area contributed by atoms with E-state index in [0.29, 0.717) is 24.8 Å². The molecule has 0 bridgehead atoms. The van der Waals surface area contributed by atoms with Crippen molar-refractivity contribution in [3.8, 4) is 0 Å². The van der Waals surface area contributed by atoms with E-state index in [-0.39, 0.29) is 23.9 Å². The van der Waals surface area contributed by atoms with Crippen LogP contribution in [0.5, 0.6) is 0 Å². The molecule has 1 heterocycles. The molecule has 1 rings (SSSR count). The van der Waals surface area contributed by atoms with Crippen LogP contribution in [0.15, 0.2) is 0 Å². The van der Waals surface area contributed by atoms with Crippen molar-refractivity contribution in [3.63, 3.8) is 0 Å². The van der Waals surface area contributed by atoms with Crippen LogP contribution >= 0.6 is 12.4 Å². The number of carbonyl (C=O) groups is 1. The van der Waals surface area contributed by atoms with E-state index in [1.807, 2.05) is 4.90 Å². The molecule has 2 atom stereocenters. The van der Waals surface area contributed by atoms with E-state index >= 15 is 0 Å². The van der Waals surface area contributed by atoms with Gasteiger partial charge in [-0.05, 0) is 30.6 Å². The first kappa shape index (κ1) is 17.7. The van der Waals surface area contributed by atoms with Gasteiger partial charge in [-0.3, -0.25) is 4.79 Å². The Balaban J connectivity index is 0.00000289. The van der Waals surface area contributed by atoms with Crippen molar-refractivity contribution in [1.82, 2.24) is 4.90 Å². The fraction of sp³-hybridized carbons (Fsp3) is 0.929. The van der Waals surface area contributed by atoms with Crippen molar-refractivity contribution in [2.45, 2.75) is 59.4 Å². The number of nitrogens with zero attached hydrogens (tertiary/aromatic N) is 1. The Labute approximate surface area is 118 Å². The van der Waals surface area contributed by atoms with E-state index in [9.17, 15) is 4.79 Å². The van der Waals surface area contributed by atoms with Gasteiger partial charge in [0.05, 0.1) is 0 Å². The third-order valence-electron chi connectivity index (χ3n) is 4.18. The molecule has 0 aromatic carbocycles. The Kier molecular flexibility index (Phi) is 7.23. The number of halogens is 1. The first-order valence-electron chi connectivity index (χ1n) is 6.85. The standard InChI is InChI=1S/C14H28N2O.ClH/c1-11(14(2,3)4)9-13(17)16-8-6-5-7-12(16)10-15;/h11-12H,5-10,15H2,1-4H3;1H. The summed E-state index contributed by atoms with van der Waals surface area (Å²) in [5.74, 6) is 0.706. The quantitative estimate of drug-likeness (QED) is 0.862. The molecule has 0 radical (unpaired) electrons. The summed E-state index contributed by atoms with van der Waals surface area (Å²) >= 11 is 0. The van der Waals surface area contributed by atoms with Gasteiger partial charge in [0.2, 0.25) is 5.91 Å². The van der Waals surface area contributed by atoms with Crippen molar-refractivity contribution in [2.24, 2.45) is 17.1 Å². The maximum Gasteiger partial charge on any atom is 0.223 e. The molecule has 1 fully saturated rings. The first-order valence-corrected chi connectivity index (χ1v) is 6.85. The van der Waals surface area contributed by atoms with Gasteiger partial charge in [0.25, 0.3) is 0 Å². The summed E-state index contributed by atoms with van der Waals surface area (Å²) in [4.78, 5) is 14.3. The normalized spacial score (nSPS) is 22.3. The third kappa shape index (κ3) is 4.77. The maximum atomic E-state index is 12.3. The van der Waals surface area contributed by atoms with Crippen LogP contribution < -0.4 is 5.73 Å². The monoisotopic (exact) mass is 276 g/mol. The van der Waals surface area contributed by atoms with E-state index < -0.39 is 0 Å². The van der Waals surface area contributed by atoms with Crippen LogP contribution in [-0.4, -0.2) is 29.9 Å². The molecule has 0 spiro atoms. The highest BCUT2D eigenvalue weighted by atomic mass is 35.5. The molecule has 3 nitrogen and oxygen atoms in total. The predicted molar refractivity (Wildman–Crippen MR) is 78.9 cm³/mol. The largest absolute Gasteiger partial charge is 0.338 e. The molecule has 1 aliphatic rings. The molecule has 4 heteroatoms. The Morgan fingerprint density at radius 2 is 2.00 bits per heavy atom. The van der Waals surface area contributed by atoms with Crippen molar-refractivity contribution < 1.29 is 4.79 Å². The molecule has 2 unspecified atom stereocenters. The van der Waals surface area contributed by atoms with E-state index in [4.69, 9.17) is 5.73 Å². The second kappa shape index (κ2) is 7.34. The molecule has 1 amide bonds. The molecule has 108 valence electrons. The predicted octanol–water partition coefficient (Wildman–Crippen LogP) is 2.82. The number of carbonyl (C=O) groups excluding carboxylic acids is 1. The highest BCUT2D eigenvalue weighted by Gasteiger charge is 2.29. The van der Waals surface area contributed by atoms with Gasteiger partial charge >= 0.3 is 0 Å². The maximum absolute atomic E-state index is 12.3. The zero-order chi connectivity index (χ0) is 13.1. The summed E-state index contributed by atoms with van der Waals surface area (Å²) < 4.78 is 0. The molecule has 0 aliphatic carbocycles. The van der Waals surface area contributed by atoms with Gasteiger partial charge < -0.3 is 10.6 Å². The Morgan fingerprint density at radius 1 is 1.39 bits per heavy atom. The molecule has 18 heavy (non-hydrogen) atoms. The van der Waals surface area contributed by atoms with Crippen molar-refractivity contribution in [1.29, 1.82) is 0 Å². The number of nitrogens with two attached hydrogens (primary N) is 1. The molecule has 1 aliphatic heterocycles. The number of hydrogen-bond acceptors (Lipinski definition) is 2. The SMILES string of the molecule is CC(CC(=O)N1CCCCC1CN)C(C)(C)C.Cl. The molecule has 1 saturated heterocycles. The summed E-state index contributed by atoms with van der Waals surface area (Å²) in [6.45, 7) is 10.3. The number of hydrogen-bond donors (Lipinski definition) is 1. The van der Waals surface area contributed by atoms with Gasteiger partial charge in [0.1, 0.15) is 0 Å². The van der Waals surface area contributed by atoms with Gasteiger partial charge in [-0.15, -0.1) is 12.4 Å². The summed E-state index contributed by atoms with van der Waals surface area (Å²) in [6.07, 6.45) is 4.07. The Morgan fingerprint density at radius 3 is 2.50 bits per heavy atom. The number of rotatable bonds is 3. The van der Waals surface area contributed by atoms with Crippen LogP contribution in [0.3, 0.4) is 0 Å². The summed E-state index contributed by atoms with van der Waals surface area (Å²) in [6, 6.07) is 0.281. The van der Waals surface area contributed by atoms with Crippen LogP contribution in [0.4, 0.5) is 0 Å². The zero-order valence-electron chi connectivity index (χ0n) is 12.2. The smallest absolute Gasteiger partial charge is 0.223 e. The number of likely N-dealkylation sites (tertiary alicyclic amines) is 1. The topological polar surface area (TPSA) is 46.3 Å². The molecular formula is C14H29ClN2O. The average Bonchev–Trinajstić information content (AvgIpc) is 2.27. The highest BCUT2D eigenvalue weighted by molar-refractivity contribution is 5.85. The minimum absolute atomic E-state index is 0. The van der Waals surface area contributed by atoms with Crippen molar-refractivity contribution in [2.75, 3.05) is 13.1 Å².